The van der Waals surface area contributed by atoms with Crippen molar-refractivity contribution in [2.24, 2.45) is 0 Å². The Bertz CT molecular complexity index is 897. The fourth-order valence-corrected chi connectivity index (χ4v) is 6.02. The molecule has 6 nitrogen and oxygen atoms in total. The van der Waals surface area contributed by atoms with Crippen molar-refractivity contribution in [1.29, 1.82) is 0 Å². The minimum absolute atomic E-state index is 0.0200. The molecule has 5 atom stereocenters. The van der Waals surface area contributed by atoms with Gasteiger partial charge < -0.3 is 23.4 Å². The van der Waals surface area contributed by atoms with E-state index in [9.17, 15) is 4.79 Å². The number of cyclic esters (lactones) is 1. The molecule has 2 bridgehead atoms. The van der Waals surface area contributed by atoms with Crippen LogP contribution in [0.4, 0.5) is 0 Å². The van der Waals surface area contributed by atoms with Gasteiger partial charge in [0.1, 0.15) is 12.2 Å². The number of carbonyl (C=O) groups is 1. The van der Waals surface area contributed by atoms with E-state index in [0.717, 1.165) is 32.1 Å². The highest BCUT2D eigenvalue weighted by Gasteiger charge is 2.40. The van der Waals surface area contributed by atoms with E-state index in [1.807, 2.05) is 19.9 Å². The van der Waals surface area contributed by atoms with Gasteiger partial charge in [-0.3, -0.25) is 0 Å². The SMILES string of the molecule is C=C1CCC[C@@H]2CC=C[C@@H](C/C=C\C(=O)O[C@H]([C@H]3COC(C)(C)O3)C/C=C/C(O[Si](C)(C)C(C)(C)C)C1)O2. The molecule has 0 radical (unpaired) electrons. The molecule has 3 aliphatic rings. The second-order valence-electron chi connectivity index (χ2n) is 12.9. The third-order valence-corrected chi connectivity index (χ3v) is 12.5. The van der Waals surface area contributed by atoms with Gasteiger partial charge in [0.05, 0.1) is 24.9 Å². The molecular weight excluding hydrogens is 496 g/mol. The highest BCUT2D eigenvalue weighted by molar-refractivity contribution is 6.74. The van der Waals surface area contributed by atoms with E-state index in [2.05, 4.69) is 64.7 Å². The first-order valence-corrected chi connectivity index (χ1v) is 17.2. The molecule has 3 rings (SSSR count). The van der Waals surface area contributed by atoms with Crippen LogP contribution in [-0.4, -0.2) is 57.2 Å². The van der Waals surface area contributed by atoms with Crippen molar-refractivity contribution in [2.75, 3.05) is 6.61 Å². The first kappa shape index (κ1) is 31.0. The third-order valence-electron chi connectivity index (χ3n) is 7.97. The zero-order valence-electron chi connectivity index (χ0n) is 24.7. The van der Waals surface area contributed by atoms with Crippen LogP contribution in [0, 0.1) is 0 Å². The lowest BCUT2D eigenvalue weighted by atomic mass is 9.99. The number of rotatable bonds is 3. The molecule has 38 heavy (non-hydrogen) atoms. The van der Waals surface area contributed by atoms with Crippen molar-refractivity contribution in [3.63, 3.8) is 0 Å². The van der Waals surface area contributed by atoms with Gasteiger partial charge >= 0.3 is 5.97 Å². The third kappa shape index (κ3) is 9.59. The first-order chi connectivity index (χ1) is 17.7. The van der Waals surface area contributed by atoms with Gasteiger partial charge in [-0.05, 0) is 70.5 Å². The molecule has 3 heterocycles. The van der Waals surface area contributed by atoms with Crippen molar-refractivity contribution in [2.45, 2.75) is 134 Å². The van der Waals surface area contributed by atoms with Gasteiger partial charge in [-0.25, -0.2) is 4.79 Å². The van der Waals surface area contributed by atoms with Gasteiger partial charge in [-0.15, -0.1) is 0 Å². The lowest BCUT2D eigenvalue weighted by molar-refractivity contribution is -0.166. The van der Waals surface area contributed by atoms with Crippen LogP contribution in [0.25, 0.3) is 0 Å². The van der Waals surface area contributed by atoms with E-state index in [0.29, 0.717) is 19.4 Å². The van der Waals surface area contributed by atoms with E-state index in [1.54, 1.807) is 0 Å². The molecule has 0 amide bonds. The quantitative estimate of drug-likeness (QED) is 0.212. The Kier molecular flexibility index (Phi) is 10.8. The molecule has 1 fully saturated rings. The zero-order valence-corrected chi connectivity index (χ0v) is 25.7. The van der Waals surface area contributed by atoms with Crippen LogP contribution in [-0.2, 0) is 28.2 Å². The van der Waals surface area contributed by atoms with Gasteiger partial charge in [0.15, 0.2) is 14.1 Å². The average Bonchev–Trinajstić information content (AvgIpc) is 3.16. The maximum absolute atomic E-state index is 12.8. The van der Waals surface area contributed by atoms with Gasteiger partial charge in [0.25, 0.3) is 0 Å². The summed E-state index contributed by atoms with van der Waals surface area (Å²) in [4.78, 5) is 12.8. The van der Waals surface area contributed by atoms with Crippen LogP contribution in [0.15, 0.2) is 48.6 Å². The van der Waals surface area contributed by atoms with Crippen LogP contribution >= 0.6 is 0 Å². The summed E-state index contributed by atoms with van der Waals surface area (Å²) >= 11 is 0. The van der Waals surface area contributed by atoms with Gasteiger partial charge in [-0.2, -0.15) is 0 Å². The van der Waals surface area contributed by atoms with Crippen molar-refractivity contribution in [3.8, 4) is 0 Å². The Morgan fingerprint density at radius 1 is 1.05 bits per heavy atom. The summed E-state index contributed by atoms with van der Waals surface area (Å²) in [5.74, 6) is -1.08. The molecule has 0 aromatic carbocycles. The maximum Gasteiger partial charge on any atom is 0.330 e. The molecule has 0 saturated carbocycles. The van der Waals surface area contributed by atoms with E-state index < -0.39 is 20.2 Å². The Morgan fingerprint density at radius 3 is 2.47 bits per heavy atom. The Balaban J connectivity index is 1.81. The smallest absolute Gasteiger partial charge is 0.330 e. The lowest BCUT2D eigenvalue weighted by Gasteiger charge is -2.39. The number of hydrogen-bond donors (Lipinski definition) is 0. The largest absolute Gasteiger partial charge is 0.456 e. The van der Waals surface area contributed by atoms with Crippen LogP contribution in [0.1, 0.15) is 79.6 Å². The number of fused-ring (bicyclic) bond motifs is 2. The highest BCUT2D eigenvalue weighted by Crippen LogP contribution is 2.38. The average molecular weight is 547 g/mol. The van der Waals surface area contributed by atoms with E-state index in [1.165, 1.54) is 11.6 Å². The van der Waals surface area contributed by atoms with Crippen molar-refractivity contribution >= 4 is 14.3 Å². The van der Waals surface area contributed by atoms with Gasteiger partial charge in [-0.1, -0.05) is 63.3 Å². The fraction of sp³-hybridized carbons (Fsp3) is 0.710. The summed E-state index contributed by atoms with van der Waals surface area (Å²) in [6.45, 7) is 19.9. The molecule has 0 N–H and O–H groups in total. The highest BCUT2D eigenvalue weighted by atomic mass is 28.4. The molecule has 214 valence electrons. The molecule has 0 aliphatic carbocycles. The topological polar surface area (TPSA) is 63.2 Å². The Morgan fingerprint density at radius 2 is 1.79 bits per heavy atom. The monoisotopic (exact) mass is 546 g/mol. The second kappa shape index (κ2) is 13.2. The fourth-order valence-electron chi connectivity index (χ4n) is 4.75. The van der Waals surface area contributed by atoms with Crippen molar-refractivity contribution in [3.05, 3.63) is 48.6 Å². The number of carbonyl (C=O) groups excluding carboxylic acids is 1. The summed E-state index contributed by atoms with van der Waals surface area (Å²) in [6.07, 6.45) is 17.0. The molecule has 0 spiro atoms. The summed E-state index contributed by atoms with van der Waals surface area (Å²) in [5, 5.41) is 0.0988. The number of hydrogen-bond acceptors (Lipinski definition) is 6. The molecule has 0 aromatic rings. The molecule has 0 aromatic heterocycles. The minimum atomic E-state index is -2.01. The predicted molar refractivity (Wildman–Crippen MR) is 154 cm³/mol. The molecular formula is C31H50O6Si. The van der Waals surface area contributed by atoms with E-state index in [4.69, 9.17) is 23.4 Å². The summed E-state index contributed by atoms with van der Waals surface area (Å²) < 4.78 is 30.8. The maximum atomic E-state index is 12.8. The summed E-state index contributed by atoms with van der Waals surface area (Å²) in [5.41, 5.74) is 1.20. The van der Waals surface area contributed by atoms with Gasteiger partial charge in [0.2, 0.25) is 0 Å². The normalized spacial score (nSPS) is 33.7. The zero-order chi connectivity index (χ0) is 28.0. The van der Waals surface area contributed by atoms with E-state index in [-0.39, 0.29) is 35.4 Å². The lowest BCUT2D eigenvalue weighted by Crippen LogP contribution is -2.43. The van der Waals surface area contributed by atoms with Crippen LogP contribution in [0.5, 0.6) is 0 Å². The molecule has 3 aliphatic heterocycles. The van der Waals surface area contributed by atoms with Crippen molar-refractivity contribution < 1.29 is 28.2 Å². The van der Waals surface area contributed by atoms with Crippen LogP contribution < -0.4 is 0 Å². The van der Waals surface area contributed by atoms with Crippen LogP contribution in [0.2, 0.25) is 18.1 Å². The number of esters is 1. The summed E-state index contributed by atoms with van der Waals surface area (Å²) in [6, 6.07) is 0. The van der Waals surface area contributed by atoms with Crippen molar-refractivity contribution in [1.82, 2.24) is 0 Å². The van der Waals surface area contributed by atoms with Gasteiger partial charge in [0, 0.05) is 12.5 Å². The molecule has 7 heteroatoms. The number of ether oxygens (including phenoxy) is 4. The Labute approximate surface area is 231 Å². The van der Waals surface area contributed by atoms with Crippen LogP contribution in [0.3, 0.4) is 0 Å². The standard InChI is InChI=1S/C31H50O6Si/c1-23-13-9-14-24-15-10-16-25(34-24)17-12-20-29(32)35-27(28-22-33-31(5,6)36-28)19-11-18-26(21-23)37-38(7,8)30(2,3)4/h10-12,16,18,20,24-28H,1,9,13-15,17,19,21-22H2,2-8H3/b18-11+,20-12-/t24-,25+,26?,27+,28-/m1/s1. The van der Waals surface area contributed by atoms with E-state index >= 15 is 0 Å². The predicted octanol–water partition coefficient (Wildman–Crippen LogP) is 7.18. The minimum Gasteiger partial charge on any atom is -0.456 e. The summed E-state index contributed by atoms with van der Waals surface area (Å²) in [7, 11) is -2.01. The Hall–Kier alpha value is -1.51. The molecule has 1 saturated heterocycles. The molecule has 1 unspecified atom stereocenters. The second-order valence-corrected chi connectivity index (χ2v) is 17.6. The first-order valence-electron chi connectivity index (χ1n) is 14.3.